The van der Waals surface area contributed by atoms with Gasteiger partial charge in [-0.2, -0.15) is 11.8 Å². The van der Waals surface area contributed by atoms with Crippen molar-refractivity contribution in [3.63, 3.8) is 0 Å². The molecule has 0 aromatic heterocycles. The van der Waals surface area contributed by atoms with Crippen molar-refractivity contribution in [1.82, 2.24) is 10.6 Å². The molecule has 0 bridgehead atoms. The van der Waals surface area contributed by atoms with Crippen LogP contribution in [0.4, 0.5) is 0 Å². The molecule has 2 amide bonds. The Bertz CT molecular complexity index is 790. The van der Waals surface area contributed by atoms with Crippen molar-refractivity contribution in [3.05, 3.63) is 61.2 Å². The second kappa shape index (κ2) is 20.6. The molecule has 200 valence electrons. The van der Waals surface area contributed by atoms with Crippen LogP contribution in [0.3, 0.4) is 0 Å². The van der Waals surface area contributed by atoms with Crippen LogP contribution in [0.25, 0.3) is 0 Å². The Hall–Kier alpha value is -2.62. The van der Waals surface area contributed by atoms with Crippen molar-refractivity contribution < 1.29 is 29.0 Å². The zero-order chi connectivity index (χ0) is 26.4. The van der Waals surface area contributed by atoms with Crippen molar-refractivity contribution in [2.45, 2.75) is 43.9 Å². The van der Waals surface area contributed by atoms with E-state index in [4.69, 9.17) is 14.6 Å². The molecule has 0 spiro atoms. The predicted octanol–water partition coefficient (Wildman–Crippen LogP) is 3.01. The van der Waals surface area contributed by atoms with E-state index in [0.29, 0.717) is 31.6 Å². The van der Waals surface area contributed by atoms with Crippen molar-refractivity contribution in [2.24, 2.45) is 5.92 Å². The fourth-order valence-corrected chi connectivity index (χ4v) is 4.22. The molecule has 0 aliphatic carbocycles. The molecule has 0 fully saturated rings. The van der Waals surface area contributed by atoms with Gasteiger partial charge >= 0.3 is 5.97 Å². The summed E-state index contributed by atoms with van der Waals surface area (Å²) in [6.07, 6.45) is 5.42. The van der Waals surface area contributed by atoms with Gasteiger partial charge in [0.2, 0.25) is 11.8 Å². The van der Waals surface area contributed by atoms with E-state index in [1.165, 1.54) is 0 Å². The van der Waals surface area contributed by atoms with Crippen LogP contribution in [0.5, 0.6) is 0 Å². The van der Waals surface area contributed by atoms with Gasteiger partial charge in [-0.05, 0) is 24.8 Å². The minimum absolute atomic E-state index is 0.00305. The number of hydrogen-bond donors (Lipinski definition) is 3. The molecule has 1 aromatic carbocycles. The molecule has 0 saturated carbocycles. The van der Waals surface area contributed by atoms with E-state index in [1.54, 1.807) is 23.9 Å². The van der Waals surface area contributed by atoms with Gasteiger partial charge in [0.1, 0.15) is 6.61 Å². The molecule has 2 atom stereocenters. The number of amides is 2. The Morgan fingerprint density at radius 3 is 2.58 bits per heavy atom. The largest absolute Gasteiger partial charge is 0.463 e. The third kappa shape index (κ3) is 15.4. The van der Waals surface area contributed by atoms with E-state index in [1.807, 2.05) is 30.3 Å². The third-order valence-corrected chi connectivity index (χ3v) is 6.25. The highest BCUT2D eigenvalue weighted by Gasteiger charge is 2.24. The van der Waals surface area contributed by atoms with Crippen LogP contribution in [-0.4, -0.2) is 67.7 Å². The van der Waals surface area contributed by atoms with Gasteiger partial charge in [0.25, 0.3) is 0 Å². The molecule has 9 heteroatoms. The van der Waals surface area contributed by atoms with E-state index in [2.05, 4.69) is 23.8 Å². The first-order valence-electron chi connectivity index (χ1n) is 12.2. The smallest absolute Gasteiger partial charge is 0.305 e. The van der Waals surface area contributed by atoms with E-state index in [9.17, 15) is 14.4 Å². The van der Waals surface area contributed by atoms with Gasteiger partial charge in [-0.15, -0.1) is 13.2 Å². The quantitative estimate of drug-likeness (QED) is 0.130. The normalized spacial score (nSPS) is 12.2. The molecule has 3 N–H and O–H groups in total. The van der Waals surface area contributed by atoms with Crippen LogP contribution in [0.2, 0.25) is 0 Å². The molecular formula is C27H40N2O6S. The number of allylic oxidation sites excluding steroid dienone is 2. The minimum Gasteiger partial charge on any atom is -0.463 e. The van der Waals surface area contributed by atoms with E-state index >= 15 is 0 Å². The lowest BCUT2D eigenvalue weighted by atomic mass is 9.99. The average Bonchev–Trinajstić information content (AvgIpc) is 2.87. The standard InChI is InChI=1S/C27H40N2O6S/c1-3-5-7-13-26(32)35-19-24(21-36-20-22-11-8-6-9-12-22)29-27(33)23(10-4-2)18-25(31)28-14-16-34-17-15-30/h3-4,6,8-9,11-12,23-24,30H,1-2,5,7,10,13-21H2,(H,28,31)(H,29,33). The number of aliphatic hydroxyl groups excluding tert-OH is 1. The average molecular weight is 521 g/mol. The van der Waals surface area contributed by atoms with E-state index in [0.717, 1.165) is 17.7 Å². The molecular weight excluding hydrogens is 480 g/mol. The summed E-state index contributed by atoms with van der Waals surface area (Å²) < 4.78 is 10.6. The van der Waals surface area contributed by atoms with Crippen LogP contribution < -0.4 is 10.6 Å². The lowest BCUT2D eigenvalue weighted by Gasteiger charge is -2.22. The maximum absolute atomic E-state index is 13.0. The van der Waals surface area contributed by atoms with Crippen molar-refractivity contribution in [1.29, 1.82) is 0 Å². The Kier molecular flexibility index (Phi) is 17.9. The first-order valence-corrected chi connectivity index (χ1v) is 13.4. The molecule has 0 saturated heterocycles. The van der Waals surface area contributed by atoms with Gasteiger partial charge in [-0.25, -0.2) is 0 Å². The number of rotatable bonds is 21. The number of benzene rings is 1. The minimum atomic E-state index is -0.592. The Balaban J connectivity index is 2.65. The SMILES string of the molecule is C=CCCCC(=O)OCC(CSCc1ccccc1)NC(=O)C(CC=C)CC(=O)NCCOCCO. The fourth-order valence-electron chi connectivity index (χ4n) is 3.21. The van der Waals surface area contributed by atoms with Gasteiger partial charge in [-0.3, -0.25) is 14.4 Å². The predicted molar refractivity (Wildman–Crippen MR) is 143 cm³/mol. The van der Waals surface area contributed by atoms with Gasteiger partial charge in [0.05, 0.1) is 31.8 Å². The highest BCUT2D eigenvalue weighted by Crippen LogP contribution is 2.15. The fraction of sp³-hybridized carbons (Fsp3) is 0.519. The molecule has 36 heavy (non-hydrogen) atoms. The highest BCUT2D eigenvalue weighted by molar-refractivity contribution is 7.98. The number of carbonyl (C=O) groups is 3. The van der Waals surface area contributed by atoms with Crippen LogP contribution in [-0.2, 0) is 29.6 Å². The van der Waals surface area contributed by atoms with Gasteiger partial charge in [0.15, 0.2) is 0 Å². The molecule has 0 aliphatic rings. The number of thioether (sulfide) groups is 1. The van der Waals surface area contributed by atoms with E-state index in [-0.39, 0.29) is 50.6 Å². The van der Waals surface area contributed by atoms with Crippen LogP contribution in [0, 0.1) is 5.92 Å². The van der Waals surface area contributed by atoms with Gasteiger partial charge in [-0.1, -0.05) is 42.5 Å². The Morgan fingerprint density at radius 1 is 1.11 bits per heavy atom. The molecule has 1 rings (SSSR count). The highest BCUT2D eigenvalue weighted by atomic mass is 32.2. The summed E-state index contributed by atoms with van der Waals surface area (Å²) in [5.74, 6) is -0.143. The summed E-state index contributed by atoms with van der Waals surface area (Å²) in [6.45, 7) is 8.13. The summed E-state index contributed by atoms with van der Waals surface area (Å²) in [7, 11) is 0. The first-order chi connectivity index (χ1) is 17.5. The zero-order valence-electron chi connectivity index (χ0n) is 21.0. The summed E-state index contributed by atoms with van der Waals surface area (Å²) in [5, 5.41) is 14.4. The first kappa shape index (κ1) is 31.4. The number of hydrogen-bond acceptors (Lipinski definition) is 7. The molecule has 1 aromatic rings. The second-order valence-electron chi connectivity index (χ2n) is 8.18. The van der Waals surface area contributed by atoms with Gasteiger partial charge in [0, 0.05) is 30.9 Å². The summed E-state index contributed by atoms with van der Waals surface area (Å²) in [5.41, 5.74) is 1.16. The summed E-state index contributed by atoms with van der Waals surface area (Å²) in [4.78, 5) is 37.4. The molecule has 0 radical (unpaired) electrons. The monoisotopic (exact) mass is 520 g/mol. The number of carbonyl (C=O) groups excluding carboxylic acids is 3. The van der Waals surface area contributed by atoms with Crippen molar-refractivity contribution in [2.75, 3.05) is 38.7 Å². The molecule has 0 aliphatic heterocycles. The van der Waals surface area contributed by atoms with Crippen LogP contribution in [0.15, 0.2) is 55.6 Å². The number of esters is 1. The number of nitrogens with one attached hydrogen (secondary N) is 2. The number of ether oxygens (including phenoxy) is 2. The third-order valence-electron chi connectivity index (χ3n) is 5.07. The Morgan fingerprint density at radius 2 is 1.89 bits per heavy atom. The number of aliphatic hydroxyl groups is 1. The van der Waals surface area contributed by atoms with Crippen molar-refractivity contribution in [3.8, 4) is 0 Å². The lowest BCUT2D eigenvalue weighted by molar-refractivity contribution is -0.145. The topological polar surface area (TPSA) is 114 Å². The van der Waals surface area contributed by atoms with E-state index < -0.39 is 12.0 Å². The van der Waals surface area contributed by atoms with Crippen LogP contribution >= 0.6 is 11.8 Å². The zero-order valence-corrected chi connectivity index (χ0v) is 21.8. The Labute approximate surface area is 218 Å². The molecule has 0 heterocycles. The van der Waals surface area contributed by atoms with Gasteiger partial charge < -0.3 is 25.2 Å². The maximum atomic E-state index is 13.0. The second-order valence-corrected chi connectivity index (χ2v) is 9.21. The maximum Gasteiger partial charge on any atom is 0.305 e. The molecule has 8 nitrogen and oxygen atoms in total. The number of unbranched alkanes of at least 4 members (excludes halogenated alkanes) is 1. The summed E-state index contributed by atoms with van der Waals surface area (Å²) in [6, 6.07) is 9.59. The van der Waals surface area contributed by atoms with Crippen molar-refractivity contribution >= 4 is 29.5 Å². The molecule has 2 unspecified atom stereocenters. The lowest BCUT2D eigenvalue weighted by Crippen LogP contribution is -2.44. The summed E-state index contributed by atoms with van der Waals surface area (Å²) >= 11 is 1.64. The van der Waals surface area contributed by atoms with Crippen LogP contribution in [0.1, 0.15) is 37.7 Å².